The van der Waals surface area contributed by atoms with Crippen molar-refractivity contribution < 1.29 is 22.7 Å². The van der Waals surface area contributed by atoms with Gasteiger partial charge in [0.05, 0.1) is 30.6 Å². The van der Waals surface area contributed by atoms with Gasteiger partial charge in [-0.2, -0.15) is 18.4 Å². The highest BCUT2D eigenvalue weighted by atomic mass is 32.1. The van der Waals surface area contributed by atoms with Crippen LogP contribution in [-0.2, 0) is 30.5 Å². The summed E-state index contributed by atoms with van der Waals surface area (Å²) in [5.41, 5.74) is 7.95. The summed E-state index contributed by atoms with van der Waals surface area (Å²) < 4.78 is 48.8. The van der Waals surface area contributed by atoms with E-state index in [2.05, 4.69) is 16.4 Å². The quantitative estimate of drug-likeness (QED) is 0.178. The maximum Gasteiger partial charge on any atom is 0.416 e. The van der Waals surface area contributed by atoms with Crippen LogP contribution in [0, 0.1) is 17.2 Å². The van der Waals surface area contributed by atoms with E-state index in [0.29, 0.717) is 35.7 Å². The number of Topliss-reactive ketones (excluding diaryl/α,β-unsaturated/α-hetero) is 1. The maximum absolute atomic E-state index is 13.9. The van der Waals surface area contributed by atoms with E-state index >= 15 is 0 Å². The zero-order chi connectivity index (χ0) is 32.4. The number of ketones is 1. The molecule has 0 unspecified atom stereocenters. The molecule has 0 spiro atoms. The molecular formula is C33H33F3N6O2S. The first kappa shape index (κ1) is 33.2. The van der Waals surface area contributed by atoms with Crippen molar-refractivity contribution in [3.05, 3.63) is 113 Å². The second-order valence-electron chi connectivity index (χ2n) is 10.4. The minimum atomic E-state index is -4.56. The summed E-state index contributed by atoms with van der Waals surface area (Å²) >= 11 is 5.70. The zero-order valence-corrected chi connectivity index (χ0v) is 25.4. The van der Waals surface area contributed by atoms with Crippen molar-refractivity contribution in [1.82, 2.24) is 14.5 Å². The number of nitrogens with zero attached hydrogens (tertiary/aromatic N) is 4. The molecule has 3 N–H and O–H groups in total. The molecule has 0 saturated carbocycles. The number of carbonyl (C=O) groups is 1. The lowest BCUT2D eigenvalue weighted by Crippen LogP contribution is -2.41. The van der Waals surface area contributed by atoms with Crippen LogP contribution >= 0.6 is 12.2 Å². The molecule has 1 heterocycles. The van der Waals surface area contributed by atoms with Crippen molar-refractivity contribution in [2.75, 3.05) is 25.5 Å². The van der Waals surface area contributed by atoms with Gasteiger partial charge in [-0.25, -0.2) is 4.98 Å². The van der Waals surface area contributed by atoms with Gasteiger partial charge in [-0.05, 0) is 78.8 Å². The second-order valence-corrected chi connectivity index (χ2v) is 10.8. The number of alkyl halides is 3. The van der Waals surface area contributed by atoms with Gasteiger partial charge in [-0.3, -0.25) is 4.79 Å². The summed E-state index contributed by atoms with van der Waals surface area (Å²) in [5, 5.41) is 12.3. The Bertz CT molecular complexity index is 1630. The summed E-state index contributed by atoms with van der Waals surface area (Å²) in [6, 6.07) is 21.5. The minimum absolute atomic E-state index is 0.0309. The SMILES string of the molecule is COc1ccc(NC(=S)N(Cc2ccccc2C(F)(F)F)C[C@H](CCN)C(=O)Cc2cncn2Cc2ccc(C#N)cc2)cc1. The molecule has 0 amide bonds. The van der Waals surface area contributed by atoms with Crippen molar-refractivity contribution in [3.8, 4) is 11.8 Å². The Morgan fingerprint density at radius 2 is 1.84 bits per heavy atom. The van der Waals surface area contributed by atoms with E-state index in [1.807, 2.05) is 16.7 Å². The number of methoxy groups -OCH3 is 1. The van der Waals surface area contributed by atoms with E-state index in [0.717, 1.165) is 11.6 Å². The van der Waals surface area contributed by atoms with E-state index in [9.17, 15) is 18.0 Å². The normalized spacial score (nSPS) is 11.8. The lowest BCUT2D eigenvalue weighted by atomic mass is 9.95. The molecular weight excluding hydrogens is 601 g/mol. The summed E-state index contributed by atoms with van der Waals surface area (Å²) in [4.78, 5) is 19.5. The van der Waals surface area contributed by atoms with E-state index in [-0.39, 0.29) is 42.5 Å². The number of nitrogens with one attached hydrogen (secondary N) is 1. The monoisotopic (exact) mass is 634 g/mol. The highest BCUT2D eigenvalue weighted by molar-refractivity contribution is 7.80. The maximum atomic E-state index is 13.9. The van der Waals surface area contributed by atoms with Gasteiger partial charge >= 0.3 is 6.18 Å². The molecule has 0 saturated heterocycles. The molecule has 0 bridgehead atoms. The fourth-order valence-electron chi connectivity index (χ4n) is 4.90. The standard InChI is InChI=1S/C33H33F3N6O2S/c1-44-29-12-10-27(11-13-29)40-32(45)41(20-25-4-2-3-5-30(25)33(34,35)36)21-26(14-15-37)31(43)16-28-18-39-22-42(28)19-24-8-6-23(17-38)7-9-24/h2-13,18,22,26H,14-16,19-21,37H2,1H3,(H,40,45)/t26-/m0/s1. The summed E-state index contributed by atoms with van der Waals surface area (Å²) in [6.07, 6.45) is -0.952. The Balaban J connectivity index is 1.56. The number of ether oxygens (including phenoxy) is 1. The second kappa shape index (κ2) is 15.3. The highest BCUT2D eigenvalue weighted by Gasteiger charge is 2.34. The van der Waals surface area contributed by atoms with Gasteiger partial charge in [0.1, 0.15) is 11.5 Å². The first-order chi connectivity index (χ1) is 21.6. The van der Waals surface area contributed by atoms with Crippen LogP contribution in [0.1, 0.15) is 34.4 Å². The number of hydrogen-bond donors (Lipinski definition) is 2. The van der Waals surface area contributed by atoms with Crippen molar-refractivity contribution >= 4 is 28.8 Å². The van der Waals surface area contributed by atoms with Crippen LogP contribution in [0.25, 0.3) is 0 Å². The summed E-state index contributed by atoms with van der Waals surface area (Å²) in [5.74, 6) is -0.125. The molecule has 3 aromatic carbocycles. The molecule has 45 heavy (non-hydrogen) atoms. The van der Waals surface area contributed by atoms with Gasteiger partial charge in [0.15, 0.2) is 5.11 Å². The lowest BCUT2D eigenvalue weighted by molar-refractivity contribution is -0.138. The Morgan fingerprint density at radius 1 is 1.13 bits per heavy atom. The molecule has 12 heteroatoms. The molecule has 4 aromatic rings. The summed E-state index contributed by atoms with van der Waals surface area (Å²) in [7, 11) is 1.54. The van der Waals surface area contributed by atoms with Crippen LogP contribution in [0.2, 0.25) is 0 Å². The van der Waals surface area contributed by atoms with Crippen LogP contribution in [0.3, 0.4) is 0 Å². The molecule has 0 aliphatic heterocycles. The number of nitrogens with two attached hydrogens (primary N) is 1. The number of benzene rings is 3. The van der Waals surface area contributed by atoms with Crippen molar-refractivity contribution in [1.29, 1.82) is 5.26 Å². The molecule has 0 aliphatic carbocycles. The van der Waals surface area contributed by atoms with Gasteiger partial charge in [0.2, 0.25) is 0 Å². The Morgan fingerprint density at radius 3 is 2.49 bits per heavy atom. The molecule has 0 radical (unpaired) electrons. The lowest BCUT2D eigenvalue weighted by Gasteiger charge is -2.30. The predicted molar refractivity (Wildman–Crippen MR) is 169 cm³/mol. The molecule has 1 aromatic heterocycles. The molecule has 4 rings (SSSR count). The fourth-order valence-corrected chi connectivity index (χ4v) is 5.16. The number of carbonyl (C=O) groups excluding carboxylic acids is 1. The van der Waals surface area contributed by atoms with E-state index in [1.165, 1.54) is 12.1 Å². The molecule has 8 nitrogen and oxygen atoms in total. The molecule has 0 fully saturated rings. The van der Waals surface area contributed by atoms with Gasteiger partial charge in [0.25, 0.3) is 0 Å². The van der Waals surface area contributed by atoms with Crippen LogP contribution in [0.4, 0.5) is 18.9 Å². The Hall–Kier alpha value is -4.73. The first-order valence-corrected chi connectivity index (χ1v) is 14.6. The van der Waals surface area contributed by atoms with Gasteiger partial charge < -0.3 is 25.3 Å². The number of imidazole rings is 1. The number of aromatic nitrogens is 2. The smallest absolute Gasteiger partial charge is 0.416 e. The highest BCUT2D eigenvalue weighted by Crippen LogP contribution is 2.33. The number of rotatable bonds is 13. The number of nitriles is 1. The van der Waals surface area contributed by atoms with Gasteiger partial charge in [-0.1, -0.05) is 30.3 Å². The number of hydrogen-bond acceptors (Lipinski definition) is 6. The fraction of sp³-hybridized carbons (Fsp3) is 0.273. The van der Waals surface area contributed by atoms with Crippen LogP contribution in [-0.4, -0.2) is 45.5 Å². The van der Waals surface area contributed by atoms with Crippen LogP contribution in [0.5, 0.6) is 5.75 Å². The van der Waals surface area contributed by atoms with Crippen molar-refractivity contribution in [3.63, 3.8) is 0 Å². The predicted octanol–water partition coefficient (Wildman–Crippen LogP) is 5.81. The topological polar surface area (TPSA) is 109 Å². The van der Waals surface area contributed by atoms with Crippen LogP contribution < -0.4 is 15.8 Å². The molecule has 0 aliphatic rings. The van der Waals surface area contributed by atoms with Gasteiger partial charge in [-0.15, -0.1) is 0 Å². The van der Waals surface area contributed by atoms with Crippen molar-refractivity contribution in [2.45, 2.75) is 32.1 Å². The van der Waals surface area contributed by atoms with Crippen molar-refractivity contribution in [2.24, 2.45) is 11.7 Å². The average Bonchev–Trinajstić information content (AvgIpc) is 3.46. The minimum Gasteiger partial charge on any atom is -0.497 e. The third-order valence-electron chi connectivity index (χ3n) is 7.31. The third kappa shape index (κ3) is 9.14. The van der Waals surface area contributed by atoms with E-state index in [4.69, 9.17) is 28.0 Å². The average molecular weight is 635 g/mol. The zero-order valence-electron chi connectivity index (χ0n) is 24.6. The Kier molecular flexibility index (Phi) is 11.3. The molecule has 1 atom stereocenters. The molecule has 234 valence electrons. The number of anilines is 1. The van der Waals surface area contributed by atoms with Gasteiger partial charge in [0, 0.05) is 49.6 Å². The largest absolute Gasteiger partial charge is 0.497 e. The van der Waals surface area contributed by atoms with E-state index in [1.54, 1.807) is 67.0 Å². The van der Waals surface area contributed by atoms with Crippen LogP contribution in [0.15, 0.2) is 85.3 Å². The summed E-state index contributed by atoms with van der Waals surface area (Å²) in [6.45, 7) is 0.523. The number of halogens is 3. The first-order valence-electron chi connectivity index (χ1n) is 14.2. The number of thiocarbonyl (C=S) groups is 1. The third-order valence-corrected chi connectivity index (χ3v) is 7.67. The Labute approximate surface area is 265 Å². The van der Waals surface area contributed by atoms with E-state index < -0.39 is 17.7 Å².